The summed E-state index contributed by atoms with van der Waals surface area (Å²) >= 11 is 3.77. The van der Waals surface area contributed by atoms with Crippen LogP contribution in [-0.4, -0.2) is 0 Å². The number of anilines is 3. The highest BCUT2D eigenvalue weighted by molar-refractivity contribution is 7.25. The van der Waals surface area contributed by atoms with Gasteiger partial charge < -0.3 is 9.32 Å². The van der Waals surface area contributed by atoms with Crippen molar-refractivity contribution in [1.29, 1.82) is 0 Å². The zero-order valence-corrected chi connectivity index (χ0v) is 35.3. The van der Waals surface area contributed by atoms with Crippen LogP contribution in [-0.2, 0) is 6.42 Å². The minimum atomic E-state index is 0.903. The van der Waals surface area contributed by atoms with Crippen molar-refractivity contribution in [1.82, 2.24) is 0 Å². The Morgan fingerprint density at radius 3 is 1.87 bits per heavy atom. The fourth-order valence-corrected chi connectivity index (χ4v) is 12.0. The van der Waals surface area contributed by atoms with Crippen molar-refractivity contribution < 1.29 is 4.42 Å². The van der Waals surface area contributed by atoms with Crippen LogP contribution in [0, 0.1) is 0 Å². The summed E-state index contributed by atoms with van der Waals surface area (Å²) in [5, 5.41) is 8.65. The molecule has 4 heteroatoms. The largest absolute Gasteiger partial charge is 0.455 e. The number of allylic oxidation sites excluding steroid dienone is 1. The van der Waals surface area contributed by atoms with Crippen LogP contribution >= 0.6 is 22.7 Å². The van der Waals surface area contributed by atoms with Gasteiger partial charge in [0.25, 0.3) is 0 Å². The number of aryl methyl sites for hydroxylation is 1. The fraction of sp³-hybridized carbons (Fsp3) is 0.0345. The Hall–Kier alpha value is -7.24. The van der Waals surface area contributed by atoms with Crippen molar-refractivity contribution in [3.63, 3.8) is 0 Å². The maximum atomic E-state index is 6.55. The molecule has 3 aromatic heterocycles. The first kappa shape index (κ1) is 35.5. The van der Waals surface area contributed by atoms with Crippen molar-refractivity contribution in [3.05, 3.63) is 205 Å². The molecule has 0 N–H and O–H groups in total. The number of nitrogens with zero attached hydrogens (tertiary/aromatic N) is 1. The average molecular weight is 828 g/mol. The molecule has 9 aromatic carbocycles. The van der Waals surface area contributed by atoms with Gasteiger partial charge in [0.2, 0.25) is 0 Å². The van der Waals surface area contributed by atoms with Gasteiger partial charge >= 0.3 is 0 Å². The first-order valence-corrected chi connectivity index (χ1v) is 22.9. The first-order chi connectivity index (χ1) is 30.7. The predicted molar refractivity (Wildman–Crippen MR) is 268 cm³/mol. The lowest BCUT2D eigenvalue weighted by Gasteiger charge is -2.26. The lowest BCUT2D eigenvalue weighted by Crippen LogP contribution is -2.09. The summed E-state index contributed by atoms with van der Waals surface area (Å²) in [6.07, 6.45) is 6.86. The molecule has 0 unspecified atom stereocenters. The molecule has 3 heterocycles. The number of fused-ring (bicyclic) bond motifs is 11. The lowest BCUT2D eigenvalue weighted by atomic mass is 9.97. The molecule has 12 aromatic rings. The Morgan fingerprint density at radius 2 is 1.08 bits per heavy atom. The second-order valence-electron chi connectivity index (χ2n) is 16.3. The summed E-state index contributed by atoms with van der Waals surface area (Å²) in [7, 11) is 0. The fourth-order valence-electron chi connectivity index (χ4n) is 9.70. The van der Waals surface area contributed by atoms with Crippen LogP contribution in [0.15, 0.2) is 199 Å². The van der Waals surface area contributed by atoms with Crippen molar-refractivity contribution in [2.24, 2.45) is 0 Å². The zero-order chi connectivity index (χ0) is 40.7. The summed E-state index contributed by atoms with van der Waals surface area (Å²) in [6.45, 7) is 0. The third-order valence-corrected chi connectivity index (χ3v) is 15.1. The number of hydrogen-bond donors (Lipinski definition) is 0. The van der Waals surface area contributed by atoms with Gasteiger partial charge in [-0.1, -0.05) is 121 Å². The van der Waals surface area contributed by atoms with Crippen molar-refractivity contribution in [2.45, 2.75) is 12.8 Å². The van der Waals surface area contributed by atoms with E-state index in [2.05, 4.69) is 205 Å². The third-order valence-electron chi connectivity index (χ3n) is 12.8. The van der Waals surface area contributed by atoms with Crippen LogP contribution in [0.2, 0.25) is 0 Å². The van der Waals surface area contributed by atoms with Gasteiger partial charge in [0.15, 0.2) is 0 Å². The minimum absolute atomic E-state index is 0.903. The van der Waals surface area contributed by atoms with Crippen LogP contribution < -0.4 is 4.90 Å². The van der Waals surface area contributed by atoms with E-state index >= 15 is 0 Å². The molecule has 0 fully saturated rings. The van der Waals surface area contributed by atoms with Crippen LogP contribution in [0.4, 0.5) is 17.1 Å². The molecule has 0 bridgehead atoms. The Labute approximate surface area is 366 Å². The molecular weight excluding hydrogens is 791 g/mol. The van der Waals surface area contributed by atoms with Crippen molar-refractivity contribution in [3.8, 4) is 33.4 Å². The molecule has 0 atom stereocenters. The van der Waals surface area contributed by atoms with Crippen LogP contribution in [0.5, 0.6) is 0 Å². The monoisotopic (exact) mass is 827 g/mol. The van der Waals surface area contributed by atoms with Gasteiger partial charge in [-0.3, -0.25) is 0 Å². The predicted octanol–water partition coefficient (Wildman–Crippen LogP) is 17.8. The van der Waals surface area contributed by atoms with Gasteiger partial charge in [-0.15, -0.1) is 22.7 Å². The Morgan fingerprint density at radius 1 is 0.435 bits per heavy atom. The number of thiophene rings is 2. The molecule has 1 aliphatic carbocycles. The topological polar surface area (TPSA) is 16.4 Å². The van der Waals surface area contributed by atoms with Crippen molar-refractivity contribution >= 4 is 109 Å². The second-order valence-corrected chi connectivity index (χ2v) is 18.5. The Bertz CT molecular complexity index is 3730. The summed E-state index contributed by atoms with van der Waals surface area (Å²) in [5.41, 5.74) is 13.8. The molecule has 292 valence electrons. The average Bonchev–Trinajstić information content (AvgIpc) is 4.03. The van der Waals surface area contributed by atoms with Gasteiger partial charge in [-0.05, 0) is 141 Å². The molecular formula is C58H37NOS2. The standard InChI is InChI=1S/C58H37NOS2/c1-2-9-46-38(8-1)22-32-50-57-45(12-7-13-52(57)60-58(46)50)39-20-29-44(30-21-39)59(42-25-16-36(17-26-42)40-24-33-55-51(34-40)48-11-4-6-15-54(48)61-55)43-27-18-37(19-28-43)41-23-31-49-47-10-3-5-14-53(47)62-56(49)35-41/h1-2,4-9,11-35H,3,10H2. The van der Waals surface area contributed by atoms with Gasteiger partial charge in [0.1, 0.15) is 11.2 Å². The van der Waals surface area contributed by atoms with Crippen LogP contribution in [0.25, 0.3) is 102 Å². The summed E-state index contributed by atoms with van der Waals surface area (Å²) in [6, 6.07) is 69.0. The maximum Gasteiger partial charge on any atom is 0.143 e. The van der Waals surface area contributed by atoms with E-state index in [-0.39, 0.29) is 0 Å². The van der Waals surface area contributed by atoms with E-state index in [0.717, 1.165) is 62.8 Å². The van der Waals surface area contributed by atoms with Gasteiger partial charge in [-0.25, -0.2) is 0 Å². The molecule has 13 rings (SSSR count). The quantitative estimate of drug-likeness (QED) is 0.166. The van der Waals surface area contributed by atoms with E-state index in [0.29, 0.717) is 0 Å². The summed E-state index contributed by atoms with van der Waals surface area (Å²) < 4.78 is 10.6. The summed E-state index contributed by atoms with van der Waals surface area (Å²) in [5.74, 6) is 0. The second kappa shape index (κ2) is 14.2. The smallest absolute Gasteiger partial charge is 0.143 e. The third kappa shape index (κ3) is 5.75. The normalized spacial score (nSPS) is 12.6. The zero-order valence-electron chi connectivity index (χ0n) is 33.6. The molecule has 62 heavy (non-hydrogen) atoms. The number of hydrogen-bond acceptors (Lipinski definition) is 4. The molecule has 0 saturated carbocycles. The number of furan rings is 1. The molecule has 0 aliphatic heterocycles. The number of benzene rings is 9. The SMILES string of the molecule is C1=Cc2sc3cc(-c4ccc(N(c5ccc(-c6ccc7sc8ccccc8c7c6)cc5)c5ccc(-c6cccc7oc8c9ccccc9ccc8c67)cc5)cc4)ccc3c2CC1. The number of rotatable bonds is 6. The Kier molecular flexibility index (Phi) is 8.12. The van der Waals surface area contributed by atoms with E-state index in [4.69, 9.17) is 4.42 Å². The lowest BCUT2D eigenvalue weighted by molar-refractivity contribution is 0.673. The molecule has 2 nitrogen and oxygen atoms in total. The van der Waals surface area contributed by atoms with E-state index in [9.17, 15) is 0 Å². The highest BCUT2D eigenvalue weighted by atomic mass is 32.1. The molecule has 1 aliphatic rings. The molecule has 0 amide bonds. The molecule has 0 saturated heterocycles. The van der Waals surface area contributed by atoms with E-state index in [1.807, 2.05) is 22.7 Å². The van der Waals surface area contributed by atoms with E-state index in [1.165, 1.54) is 73.9 Å². The molecule has 0 radical (unpaired) electrons. The van der Waals surface area contributed by atoms with E-state index < -0.39 is 0 Å². The van der Waals surface area contributed by atoms with E-state index in [1.54, 1.807) is 0 Å². The van der Waals surface area contributed by atoms with Gasteiger partial charge in [-0.2, -0.15) is 0 Å². The van der Waals surface area contributed by atoms with Crippen molar-refractivity contribution in [2.75, 3.05) is 4.90 Å². The molecule has 0 spiro atoms. The van der Waals surface area contributed by atoms with Gasteiger partial charge in [0, 0.05) is 63.0 Å². The van der Waals surface area contributed by atoms with Crippen LogP contribution in [0.1, 0.15) is 16.9 Å². The minimum Gasteiger partial charge on any atom is -0.455 e. The van der Waals surface area contributed by atoms with Crippen LogP contribution in [0.3, 0.4) is 0 Å². The van der Waals surface area contributed by atoms with Gasteiger partial charge in [0.05, 0.1) is 0 Å². The Balaban J connectivity index is 0.891. The highest BCUT2D eigenvalue weighted by Gasteiger charge is 2.18. The summed E-state index contributed by atoms with van der Waals surface area (Å²) in [4.78, 5) is 3.78. The first-order valence-electron chi connectivity index (χ1n) is 21.3. The highest BCUT2D eigenvalue weighted by Crippen LogP contribution is 2.43. The maximum absolute atomic E-state index is 6.55.